The van der Waals surface area contributed by atoms with Crippen molar-refractivity contribution in [1.82, 2.24) is 10.1 Å². The van der Waals surface area contributed by atoms with Crippen molar-refractivity contribution in [1.29, 1.82) is 0 Å². The number of hydrogen-bond acceptors (Lipinski definition) is 6. The van der Waals surface area contributed by atoms with Gasteiger partial charge in [0.05, 0.1) is 20.7 Å². The summed E-state index contributed by atoms with van der Waals surface area (Å²) in [6.07, 6.45) is 1.80. The Labute approximate surface area is 117 Å². The van der Waals surface area contributed by atoms with E-state index in [2.05, 4.69) is 15.5 Å². The van der Waals surface area contributed by atoms with E-state index in [-0.39, 0.29) is 15.7 Å². The Morgan fingerprint density at radius 3 is 2.58 bits per heavy atom. The average Bonchev–Trinajstić information content (AvgIpc) is 2.85. The average molecular weight is 303 g/mol. The minimum absolute atomic E-state index is 0.155. The number of nitro groups is 1. The zero-order valence-electron chi connectivity index (χ0n) is 9.47. The van der Waals surface area contributed by atoms with Gasteiger partial charge in [-0.05, 0) is 0 Å². The summed E-state index contributed by atoms with van der Waals surface area (Å²) >= 11 is 11.9. The molecule has 0 aliphatic rings. The van der Waals surface area contributed by atoms with Crippen LogP contribution in [-0.2, 0) is 6.42 Å². The number of nitrogens with one attached hydrogen (secondary N) is 1. The molecule has 0 aliphatic carbocycles. The lowest BCUT2D eigenvalue weighted by Crippen LogP contribution is -2.06. The third-order valence-electron chi connectivity index (χ3n) is 2.29. The lowest BCUT2D eigenvalue weighted by atomic mass is 10.2. The fraction of sp³-hybridized carbons (Fsp3) is 0.200. The van der Waals surface area contributed by atoms with E-state index < -0.39 is 4.92 Å². The number of rotatable bonds is 5. The predicted octanol–water partition coefficient (Wildman–Crippen LogP) is 2.94. The van der Waals surface area contributed by atoms with Gasteiger partial charge in [0, 0.05) is 25.1 Å². The highest BCUT2D eigenvalue weighted by molar-refractivity contribution is 6.39. The van der Waals surface area contributed by atoms with Gasteiger partial charge in [0.15, 0.2) is 6.33 Å². The third-order valence-corrected chi connectivity index (χ3v) is 2.88. The zero-order valence-corrected chi connectivity index (χ0v) is 11.0. The molecule has 2 aromatic rings. The van der Waals surface area contributed by atoms with Crippen molar-refractivity contribution in [3.05, 3.63) is 44.5 Å². The molecular weight excluding hydrogens is 295 g/mol. The van der Waals surface area contributed by atoms with Crippen LogP contribution in [0.4, 0.5) is 11.4 Å². The van der Waals surface area contributed by atoms with Crippen molar-refractivity contribution in [2.75, 3.05) is 11.9 Å². The molecule has 0 spiro atoms. The highest BCUT2D eigenvalue weighted by atomic mass is 35.5. The molecule has 1 aromatic heterocycles. The highest BCUT2D eigenvalue weighted by Gasteiger charge is 2.14. The summed E-state index contributed by atoms with van der Waals surface area (Å²) in [7, 11) is 0. The standard InChI is InChI=1S/C10H8Cl2N4O3/c11-7-3-6(16(17)18)4-8(12)10(7)13-2-1-9-14-5-15-19-9/h3-5,13H,1-2H2. The molecule has 100 valence electrons. The van der Waals surface area contributed by atoms with E-state index in [4.69, 9.17) is 27.7 Å². The van der Waals surface area contributed by atoms with Gasteiger partial charge in [-0.2, -0.15) is 4.98 Å². The third kappa shape index (κ3) is 3.33. The summed E-state index contributed by atoms with van der Waals surface area (Å²) in [5, 5.41) is 17.4. The first-order valence-electron chi connectivity index (χ1n) is 5.21. The molecule has 1 aromatic carbocycles. The Morgan fingerprint density at radius 1 is 1.37 bits per heavy atom. The van der Waals surface area contributed by atoms with E-state index in [1.54, 1.807) is 0 Å². The molecule has 2 rings (SSSR count). The molecule has 0 atom stereocenters. The predicted molar refractivity (Wildman–Crippen MR) is 69.6 cm³/mol. The number of halogens is 2. The number of nitrogens with zero attached hydrogens (tertiary/aromatic N) is 3. The minimum atomic E-state index is -0.556. The maximum absolute atomic E-state index is 10.6. The number of nitro benzene ring substituents is 1. The Balaban J connectivity index is 2.06. The van der Waals surface area contributed by atoms with E-state index in [1.165, 1.54) is 18.5 Å². The van der Waals surface area contributed by atoms with Crippen LogP contribution in [0, 0.1) is 10.1 Å². The van der Waals surface area contributed by atoms with Gasteiger partial charge in [-0.15, -0.1) is 0 Å². The first kappa shape index (κ1) is 13.6. The van der Waals surface area contributed by atoms with Crippen LogP contribution in [-0.4, -0.2) is 21.6 Å². The highest BCUT2D eigenvalue weighted by Crippen LogP contribution is 2.34. The summed E-state index contributed by atoms with van der Waals surface area (Å²) in [4.78, 5) is 13.9. The van der Waals surface area contributed by atoms with E-state index in [0.717, 1.165) is 0 Å². The molecule has 0 saturated heterocycles. The molecule has 19 heavy (non-hydrogen) atoms. The molecule has 1 N–H and O–H groups in total. The van der Waals surface area contributed by atoms with Crippen LogP contribution in [0.5, 0.6) is 0 Å². The Hall–Kier alpha value is -1.86. The SMILES string of the molecule is O=[N+]([O-])c1cc(Cl)c(NCCc2ncno2)c(Cl)c1. The summed E-state index contributed by atoms with van der Waals surface area (Å²) in [5.41, 5.74) is 0.283. The van der Waals surface area contributed by atoms with Gasteiger partial charge >= 0.3 is 0 Å². The van der Waals surface area contributed by atoms with Crippen LogP contribution in [0.1, 0.15) is 5.89 Å². The van der Waals surface area contributed by atoms with Crippen LogP contribution in [0.25, 0.3) is 0 Å². The normalized spacial score (nSPS) is 10.4. The largest absolute Gasteiger partial charge is 0.382 e. The maximum atomic E-state index is 10.6. The Morgan fingerprint density at radius 2 is 2.05 bits per heavy atom. The molecule has 0 amide bonds. The van der Waals surface area contributed by atoms with Crippen molar-refractivity contribution >= 4 is 34.6 Å². The van der Waals surface area contributed by atoms with E-state index in [9.17, 15) is 10.1 Å². The van der Waals surface area contributed by atoms with Crippen molar-refractivity contribution < 1.29 is 9.45 Å². The molecule has 0 fully saturated rings. The van der Waals surface area contributed by atoms with Gasteiger partial charge < -0.3 is 9.84 Å². The van der Waals surface area contributed by atoms with Gasteiger partial charge in [-0.1, -0.05) is 28.4 Å². The summed E-state index contributed by atoms with van der Waals surface area (Å²) < 4.78 is 4.83. The number of non-ortho nitro benzene ring substituents is 1. The van der Waals surface area contributed by atoms with Crippen LogP contribution in [0.2, 0.25) is 10.0 Å². The summed E-state index contributed by atoms with van der Waals surface area (Å²) in [6.45, 7) is 0.458. The van der Waals surface area contributed by atoms with Crippen LogP contribution in [0.3, 0.4) is 0 Å². The summed E-state index contributed by atoms with van der Waals surface area (Å²) in [5.74, 6) is 0.474. The van der Waals surface area contributed by atoms with Gasteiger partial charge in [-0.3, -0.25) is 10.1 Å². The topological polar surface area (TPSA) is 94.1 Å². The Bertz CT molecular complexity index is 565. The monoisotopic (exact) mass is 302 g/mol. The van der Waals surface area contributed by atoms with Gasteiger partial charge in [0.1, 0.15) is 0 Å². The first-order chi connectivity index (χ1) is 9.08. The summed E-state index contributed by atoms with van der Waals surface area (Å²) in [6, 6.07) is 2.48. The van der Waals surface area contributed by atoms with E-state index >= 15 is 0 Å². The second kappa shape index (κ2) is 5.85. The maximum Gasteiger partial charge on any atom is 0.272 e. The van der Waals surface area contributed by atoms with Crippen LogP contribution in [0.15, 0.2) is 23.0 Å². The first-order valence-corrected chi connectivity index (χ1v) is 5.96. The van der Waals surface area contributed by atoms with Crippen LogP contribution < -0.4 is 5.32 Å². The molecule has 9 heteroatoms. The molecule has 0 unspecified atom stereocenters. The molecule has 0 bridgehead atoms. The number of anilines is 1. The lowest BCUT2D eigenvalue weighted by molar-refractivity contribution is -0.384. The number of aromatic nitrogens is 2. The van der Waals surface area contributed by atoms with E-state index in [1.807, 2.05) is 0 Å². The quantitative estimate of drug-likeness (QED) is 0.674. The van der Waals surface area contributed by atoms with E-state index in [0.29, 0.717) is 24.5 Å². The lowest BCUT2D eigenvalue weighted by Gasteiger charge is -2.09. The van der Waals surface area contributed by atoms with Gasteiger partial charge in [0.25, 0.3) is 5.69 Å². The van der Waals surface area contributed by atoms with Crippen LogP contribution >= 0.6 is 23.2 Å². The molecular formula is C10H8Cl2N4O3. The van der Waals surface area contributed by atoms with Crippen molar-refractivity contribution in [3.8, 4) is 0 Å². The fourth-order valence-corrected chi connectivity index (χ4v) is 2.04. The van der Waals surface area contributed by atoms with Crippen molar-refractivity contribution in [3.63, 3.8) is 0 Å². The van der Waals surface area contributed by atoms with Gasteiger partial charge in [-0.25, -0.2) is 0 Å². The molecule has 0 radical (unpaired) electrons. The second-order valence-corrected chi connectivity index (χ2v) is 4.37. The Kier molecular flexibility index (Phi) is 4.18. The van der Waals surface area contributed by atoms with Gasteiger partial charge in [0.2, 0.25) is 5.89 Å². The number of benzene rings is 1. The fourth-order valence-electron chi connectivity index (χ4n) is 1.43. The molecule has 7 nitrogen and oxygen atoms in total. The zero-order chi connectivity index (χ0) is 13.8. The van der Waals surface area contributed by atoms with Crippen molar-refractivity contribution in [2.45, 2.75) is 6.42 Å². The minimum Gasteiger partial charge on any atom is -0.382 e. The number of hydrogen-bond donors (Lipinski definition) is 1. The smallest absolute Gasteiger partial charge is 0.272 e. The molecule has 0 aliphatic heterocycles. The van der Waals surface area contributed by atoms with Crippen molar-refractivity contribution in [2.24, 2.45) is 0 Å². The second-order valence-electron chi connectivity index (χ2n) is 3.55. The molecule has 0 saturated carbocycles. The molecule has 1 heterocycles.